The van der Waals surface area contributed by atoms with Gasteiger partial charge in [-0.15, -0.1) is 0 Å². The van der Waals surface area contributed by atoms with Crippen molar-refractivity contribution in [3.05, 3.63) is 35.9 Å². The first kappa shape index (κ1) is 13.4. The van der Waals surface area contributed by atoms with Crippen LogP contribution in [0.3, 0.4) is 0 Å². The second-order valence-corrected chi connectivity index (χ2v) is 4.46. The molecule has 92 valence electrons. The Balaban J connectivity index is 2.95. The number of aliphatic imine (C=N–C) groups is 1. The summed E-state index contributed by atoms with van der Waals surface area (Å²) in [7, 11) is 1.39. The molecule has 0 fully saturated rings. The van der Waals surface area contributed by atoms with E-state index in [-0.39, 0.29) is 11.9 Å². The smallest absolute Gasteiger partial charge is 0.333 e. The lowest BCUT2D eigenvalue weighted by Gasteiger charge is -2.26. The zero-order valence-electron chi connectivity index (χ0n) is 10.8. The molecule has 17 heavy (non-hydrogen) atoms. The van der Waals surface area contributed by atoms with Crippen LogP contribution >= 0.6 is 0 Å². The van der Waals surface area contributed by atoms with Gasteiger partial charge in [-0.25, -0.2) is 4.79 Å². The van der Waals surface area contributed by atoms with Crippen LogP contribution in [0.15, 0.2) is 35.3 Å². The Morgan fingerprint density at radius 2 is 1.94 bits per heavy atom. The number of carbonyl (C=O) groups excluding carboxylic acids is 1. The van der Waals surface area contributed by atoms with Crippen LogP contribution in [0.5, 0.6) is 0 Å². The third-order valence-corrected chi connectivity index (χ3v) is 3.00. The molecule has 0 saturated carbocycles. The van der Waals surface area contributed by atoms with Gasteiger partial charge in [0.05, 0.1) is 7.11 Å². The topological polar surface area (TPSA) is 38.7 Å². The summed E-state index contributed by atoms with van der Waals surface area (Å²) in [5, 5.41) is 0. The highest BCUT2D eigenvalue weighted by atomic mass is 16.5. The van der Waals surface area contributed by atoms with Crippen molar-refractivity contribution in [2.75, 3.05) is 7.11 Å². The molecule has 1 aromatic rings. The molecule has 3 heteroatoms. The average molecular weight is 233 g/mol. The standard InChI is InChI=1S/C14H19NO2/c1-11(2)14(3,13(16)17-4)15-10-12-8-6-5-7-9-12/h5-11H,1-4H3. The molecule has 1 unspecified atom stereocenters. The Hall–Kier alpha value is -1.64. The lowest BCUT2D eigenvalue weighted by atomic mass is 9.89. The van der Waals surface area contributed by atoms with E-state index < -0.39 is 5.54 Å². The summed E-state index contributed by atoms with van der Waals surface area (Å²) in [5.74, 6) is -0.227. The maximum absolute atomic E-state index is 11.8. The highest BCUT2D eigenvalue weighted by Crippen LogP contribution is 2.23. The van der Waals surface area contributed by atoms with Gasteiger partial charge in [-0.3, -0.25) is 4.99 Å². The number of esters is 1. The minimum Gasteiger partial charge on any atom is -0.467 e. The van der Waals surface area contributed by atoms with Crippen molar-refractivity contribution in [1.82, 2.24) is 0 Å². The molecule has 1 rings (SSSR count). The average Bonchev–Trinajstić information content (AvgIpc) is 2.35. The maximum atomic E-state index is 11.8. The Morgan fingerprint density at radius 3 is 2.41 bits per heavy atom. The zero-order valence-corrected chi connectivity index (χ0v) is 10.8. The SMILES string of the molecule is COC(=O)C(C)(N=Cc1ccccc1)C(C)C. The number of ether oxygens (including phenoxy) is 1. The van der Waals surface area contributed by atoms with Gasteiger partial charge in [0.15, 0.2) is 5.54 Å². The summed E-state index contributed by atoms with van der Waals surface area (Å²) >= 11 is 0. The Labute approximate surface area is 103 Å². The molecule has 0 aromatic heterocycles. The zero-order chi connectivity index (χ0) is 12.9. The number of hydrogen-bond donors (Lipinski definition) is 0. The van der Waals surface area contributed by atoms with Crippen molar-refractivity contribution >= 4 is 12.2 Å². The van der Waals surface area contributed by atoms with Crippen LogP contribution in [0.1, 0.15) is 26.3 Å². The Morgan fingerprint density at radius 1 is 1.35 bits per heavy atom. The normalized spacial score (nSPS) is 14.9. The fourth-order valence-corrected chi connectivity index (χ4v) is 1.39. The van der Waals surface area contributed by atoms with E-state index in [0.29, 0.717) is 0 Å². The van der Waals surface area contributed by atoms with Crippen molar-refractivity contribution in [2.45, 2.75) is 26.3 Å². The molecule has 1 aromatic carbocycles. The maximum Gasteiger partial charge on any atom is 0.333 e. The molecule has 0 aliphatic rings. The van der Waals surface area contributed by atoms with E-state index in [1.54, 1.807) is 13.1 Å². The van der Waals surface area contributed by atoms with E-state index in [9.17, 15) is 4.79 Å². The van der Waals surface area contributed by atoms with E-state index in [1.165, 1.54) is 7.11 Å². The minimum absolute atomic E-state index is 0.0786. The third kappa shape index (κ3) is 3.16. The quantitative estimate of drug-likeness (QED) is 0.592. The summed E-state index contributed by atoms with van der Waals surface area (Å²) in [4.78, 5) is 16.2. The molecule has 0 aliphatic carbocycles. The summed E-state index contributed by atoms with van der Waals surface area (Å²) in [5.41, 5.74) is 0.146. The number of carbonyl (C=O) groups is 1. The molecular weight excluding hydrogens is 214 g/mol. The van der Waals surface area contributed by atoms with E-state index >= 15 is 0 Å². The molecule has 0 saturated heterocycles. The molecule has 0 N–H and O–H groups in total. The van der Waals surface area contributed by atoms with E-state index in [0.717, 1.165) is 5.56 Å². The predicted octanol–water partition coefficient (Wildman–Crippen LogP) is 2.69. The Kier molecular flexibility index (Phi) is 4.44. The number of rotatable bonds is 4. The van der Waals surface area contributed by atoms with Crippen molar-refractivity contribution in [3.63, 3.8) is 0 Å². The number of nitrogens with zero attached hydrogens (tertiary/aromatic N) is 1. The van der Waals surface area contributed by atoms with Crippen molar-refractivity contribution in [3.8, 4) is 0 Å². The molecule has 0 aliphatic heterocycles. The molecule has 3 nitrogen and oxygen atoms in total. The van der Waals surface area contributed by atoms with Crippen LogP contribution in [0.4, 0.5) is 0 Å². The van der Waals surface area contributed by atoms with Gasteiger partial charge in [0.25, 0.3) is 0 Å². The number of benzene rings is 1. The number of hydrogen-bond acceptors (Lipinski definition) is 3. The highest BCUT2D eigenvalue weighted by Gasteiger charge is 2.36. The molecule has 0 amide bonds. The van der Waals surface area contributed by atoms with Gasteiger partial charge in [0.2, 0.25) is 0 Å². The third-order valence-electron chi connectivity index (χ3n) is 3.00. The second-order valence-electron chi connectivity index (χ2n) is 4.46. The van der Waals surface area contributed by atoms with Crippen molar-refractivity contribution < 1.29 is 9.53 Å². The van der Waals surface area contributed by atoms with Crippen LogP contribution in [0, 0.1) is 5.92 Å². The highest BCUT2D eigenvalue weighted by molar-refractivity contribution is 5.86. The summed E-state index contributed by atoms with van der Waals surface area (Å²) in [6.45, 7) is 5.71. The van der Waals surface area contributed by atoms with E-state index in [2.05, 4.69) is 4.99 Å². The minimum atomic E-state index is -0.829. The largest absolute Gasteiger partial charge is 0.467 e. The monoisotopic (exact) mass is 233 g/mol. The van der Waals surface area contributed by atoms with Gasteiger partial charge in [0.1, 0.15) is 0 Å². The lowest BCUT2D eigenvalue weighted by molar-refractivity contribution is -0.147. The molecule has 0 heterocycles. The predicted molar refractivity (Wildman–Crippen MR) is 69.3 cm³/mol. The molecule has 0 radical (unpaired) electrons. The molecule has 0 bridgehead atoms. The molecule has 1 atom stereocenters. The lowest BCUT2D eigenvalue weighted by Crippen LogP contribution is -2.39. The summed E-state index contributed by atoms with van der Waals surface area (Å²) in [6.07, 6.45) is 1.72. The van der Waals surface area contributed by atoms with Crippen LogP contribution in [0.25, 0.3) is 0 Å². The van der Waals surface area contributed by atoms with Gasteiger partial charge < -0.3 is 4.74 Å². The Bertz CT molecular complexity index is 398. The fraction of sp³-hybridized carbons (Fsp3) is 0.429. The summed E-state index contributed by atoms with van der Waals surface area (Å²) < 4.78 is 4.81. The van der Waals surface area contributed by atoms with Gasteiger partial charge in [-0.1, -0.05) is 44.2 Å². The summed E-state index contributed by atoms with van der Waals surface area (Å²) in [6, 6.07) is 9.71. The molecule has 0 spiro atoms. The van der Waals surface area contributed by atoms with Gasteiger partial charge in [-0.2, -0.15) is 0 Å². The van der Waals surface area contributed by atoms with Gasteiger partial charge in [-0.05, 0) is 18.4 Å². The molecular formula is C14H19NO2. The first-order chi connectivity index (χ1) is 8.00. The first-order valence-corrected chi connectivity index (χ1v) is 5.69. The van der Waals surface area contributed by atoms with Crippen LogP contribution in [-0.4, -0.2) is 24.8 Å². The second kappa shape index (κ2) is 5.62. The van der Waals surface area contributed by atoms with Crippen LogP contribution < -0.4 is 0 Å². The van der Waals surface area contributed by atoms with Gasteiger partial charge in [0, 0.05) is 6.21 Å². The van der Waals surface area contributed by atoms with Crippen LogP contribution in [-0.2, 0) is 9.53 Å². The van der Waals surface area contributed by atoms with Crippen LogP contribution in [0.2, 0.25) is 0 Å². The first-order valence-electron chi connectivity index (χ1n) is 5.69. The fourth-order valence-electron chi connectivity index (χ4n) is 1.39. The van der Waals surface area contributed by atoms with E-state index in [4.69, 9.17) is 4.74 Å². The number of methoxy groups -OCH3 is 1. The van der Waals surface area contributed by atoms with Crippen molar-refractivity contribution in [2.24, 2.45) is 10.9 Å². The van der Waals surface area contributed by atoms with Gasteiger partial charge >= 0.3 is 5.97 Å². The van der Waals surface area contributed by atoms with E-state index in [1.807, 2.05) is 44.2 Å². The van der Waals surface area contributed by atoms with Crippen molar-refractivity contribution in [1.29, 1.82) is 0 Å².